The van der Waals surface area contributed by atoms with Crippen LogP contribution in [0, 0.1) is 0 Å². The lowest BCUT2D eigenvalue weighted by Crippen LogP contribution is -2.12. The SMILES string of the molecule is CCCC(=O)Nc1ccc2c(c1)oc(=O)n2CC. The first-order chi connectivity index (χ1) is 8.65. The fourth-order valence-corrected chi connectivity index (χ4v) is 1.89. The van der Waals surface area contributed by atoms with Crippen molar-refractivity contribution >= 4 is 22.7 Å². The monoisotopic (exact) mass is 248 g/mol. The highest BCUT2D eigenvalue weighted by Crippen LogP contribution is 2.18. The summed E-state index contributed by atoms with van der Waals surface area (Å²) in [4.78, 5) is 23.0. The van der Waals surface area contributed by atoms with Gasteiger partial charge in [0.05, 0.1) is 5.52 Å². The third-order valence-corrected chi connectivity index (χ3v) is 2.75. The summed E-state index contributed by atoms with van der Waals surface area (Å²) in [6.45, 7) is 4.39. The maximum absolute atomic E-state index is 11.5. The molecule has 0 aliphatic heterocycles. The summed E-state index contributed by atoms with van der Waals surface area (Å²) in [5, 5.41) is 2.77. The molecule has 18 heavy (non-hydrogen) atoms. The number of amides is 1. The second kappa shape index (κ2) is 5.08. The van der Waals surface area contributed by atoms with Crippen LogP contribution in [0.2, 0.25) is 0 Å². The maximum atomic E-state index is 11.5. The number of anilines is 1. The van der Waals surface area contributed by atoms with Crippen LogP contribution in [0.1, 0.15) is 26.7 Å². The molecule has 2 rings (SSSR count). The predicted molar refractivity (Wildman–Crippen MR) is 69.7 cm³/mol. The van der Waals surface area contributed by atoms with E-state index in [4.69, 9.17) is 4.42 Å². The van der Waals surface area contributed by atoms with E-state index in [9.17, 15) is 9.59 Å². The molecular weight excluding hydrogens is 232 g/mol. The molecule has 2 aromatic rings. The second-order valence-electron chi connectivity index (χ2n) is 4.09. The van der Waals surface area contributed by atoms with E-state index in [0.717, 1.165) is 11.9 Å². The molecule has 1 N–H and O–H groups in total. The van der Waals surface area contributed by atoms with Crippen LogP contribution in [0.5, 0.6) is 0 Å². The molecule has 0 radical (unpaired) electrons. The molecule has 0 saturated heterocycles. The van der Waals surface area contributed by atoms with E-state index in [1.165, 1.54) is 0 Å². The van der Waals surface area contributed by atoms with Gasteiger partial charge in [-0.1, -0.05) is 6.92 Å². The molecule has 0 aliphatic carbocycles. The first-order valence-electron chi connectivity index (χ1n) is 6.09. The topological polar surface area (TPSA) is 64.2 Å². The van der Waals surface area contributed by atoms with Crippen molar-refractivity contribution in [3.05, 3.63) is 28.7 Å². The number of fused-ring (bicyclic) bond motifs is 1. The number of hydrogen-bond acceptors (Lipinski definition) is 3. The van der Waals surface area contributed by atoms with Gasteiger partial charge < -0.3 is 9.73 Å². The highest BCUT2D eigenvalue weighted by Gasteiger charge is 2.09. The van der Waals surface area contributed by atoms with Crippen molar-refractivity contribution in [1.29, 1.82) is 0 Å². The van der Waals surface area contributed by atoms with Gasteiger partial charge >= 0.3 is 5.76 Å². The average molecular weight is 248 g/mol. The fraction of sp³-hybridized carbons (Fsp3) is 0.385. The Morgan fingerprint density at radius 3 is 2.83 bits per heavy atom. The Morgan fingerprint density at radius 2 is 2.17 bits per heavy atom. The quantitative estimate of drug-likeness (QED) is 0.903. The minimum Gasteiger partial charge on any atom is -0.408 e. The average Bonchev–Trinajstić information content (AvgIpc) is 2.63. The van der Waals surface area contributed by atoms with Gasteiger partial charge in [-0.3, -0.25) is 9.36 Å². The molecule has 1 heterocycles. The van der Waals surface area contributed by atoms with E-state index < -0.39 is 0 Å². The smallest absolute Gasteiger partial charge is 0.408 e. The number of hydrogen-bond donors (Lipinski definition) is 1. The summed E-state index contributed by atoms with van der Waals surface area (Å²) in [6.07, 6.45) is 1.29. The van der Waals surface area contributed by atoms with Crippen LogP contribution in [0.15, 0.2) is 27.4 Å². The summed E-state index contributed by atoms with van der Waals surface area (Å²) in [7, 11) is 0. The second-order valence-corrected chi connectivity index (χ2v) is 4.09. The number of aryl methyl sites for hydroxylation is 1. The van der Waals surface area contributed by atoms with E-state index in [1.807, 2.05) is 13.8 Å². The minimum atomic E-state index is -0.371. The number of nitrogens with zero attached hydrogens (tertiary/aromatic N) is 1. The van der Waals surface area contributed by atoms with Gasteiger partial charge in [-0.25, -0.2) is 4.79 Å². The largest absolute Gasteiger partial charge is 0.419 e. The zero-order valence-electron chi connectivity index (χ0n) is 10.5. The Morgan fingerprint density at radius 1 is 1.39 bits per heavy atom. The number of aromatic nitrogens is 1. The Labute approximate surface area is 104 Å². The van der Waals surface area contributed by atoms with Crippen LogP contribution in [-0.2, 0) is 11.3 Å². The Kier molecular flexibility index (Phi) is 3.50. The molecule has 0 atom stereocenters. The normalized spacial score (nSPS) is 10.8. The molecule has 0 spiro atoms. The zero-order chi connectivity index (χ0) is 13.1. The van der Waals surface area contributed by atoms with Gasteiger partial charge in [-0.05, 0) is 25.5 Å². The van der Waals surface area contributed by atoms with E-state index >= 15 is 0 Å². The molecule has 0 aliphatic rings. The first-order valence-corrected chi connectivity index (χ1v) is 6.09. The van der Waals surface area contributed by atoms with Crippen LogP contribution in [0.25, 0.3) is 11.1 Å². The van der Waals surface area contributed by atoms with Crippen molar-refractivity contribution < 1.29 is 9.21 Å². The van der Waals surface area contributed by atoms with Crippen molar-refractivity contribution in [2.75, 3.05) is 5.32 Å². The van der Waals surface area contributed by atoms with E-state index in [-0.39, 0.29) is 11.7 Å². The van der Waals surface area contributed by atoms with Crippen LogP contribution in [0.4, 0.5) is 5.69 Å². The lowest BCUT2D eigenvalue weighted by molar-refractivity contribution is -0.116. The van der Waals surface area contributed by atoms with Crippen molar-refractivity contribution in [3.8, 4) is 0 Å². The molecule has 96 valence electrons. The van der Waals surface area contributed by atoms with Crippen molar-refractivity contribution in [3.63, 3.8) is 0 Å². The van der Waals surface area contributed by atoms with E-state index in [0.29, 0.717) is 24.2 Å². The van der Waals surface area contributed by atoms with Gasteiger partial charge in [-0.15, -0.1) is 0 Å². The minimum absolute atomic E-state index is 0.0332. The van der Waals surface area contributed by atoms with Gasteiger partial charge in [0, 0.05) is 24.7 Å². The third-order valence-electron chi connectivity index (χ3n) is 2.75. The molecule has 1 aromatic heterocycles. The van der Waals surface area contributed by atoms with Gasteiger partial charge in [0.1, 0.15) is 0 Å². The van der Waals surface area contributed by atoms with Crippen molar-refractivity contribution in [2.45, 2.75) is 33.2 Å². The molecular formula is C13H16N2O3. The van der Waals surface area contributed by atoms with E-state index in [2.05, 4.69) is 5.32 Å². The number of carbonyl (C=O) groups excluding carboxylic acids is 1. The van der Waals surface area contributed by atoms with Crippen molar-refractivity contribution in [1.82, 2.24) is 4.57 Å². The first kappa shape index (κ1) is 12.4. The zero-order valence-corrected chi connectivity index (χ0v) is 10.5. The summed E-state index contributed by atoms with van der Waals surface area (Å²) in [6, 6.07) is 5.23. The number of benzene rings is 1. The van der Waals surface area contributed by atoms with Gasteiger partial charge in [0.15, 0.2) is 5.58 Å². The van der Waals surface area contributed by atoms with E-state index in [1.54, 1.807) is 22.8 Å². The highest BCUT2D eigenvalue weighted by atomic mass is 16.4. The summed E-state index contributed by atoms with van der Waals surface area (Å²) < 4.78 is 6.68. The van der Waals surface area contributed by atoms with Crippen LogP contribution < -0.4 is 11.1 Å². The molecule has 0 saturated carbocycles. The van der Waals surface area contributed by atoms with Gasteiger partial charge in [-0.2, -0.15) is 0 Å². The summed E-state index contributed by atoms with van der Waals surface area (Å²) in [5.41, 5.74) is 1.89. The van der Waals surface area contributed by atoms with Crippen LogP contribution in [-0.4, -0.2) is 10.5 Å². The Bertz CT molecular complexity index is 625. The Hall–Kier alpha value is -2.04. The van der Waals surface area contributed by atoms with Gasteiger partial charge in [0.25, 0.3) is 0 Å². The lowest BCUT2D eigenvalue weighted by atomic mass is 10.2. The molecule has 1 aromatic carbocycles. The molecule has 1 amide bonds. The number of oxazole rings is 1. The molecule has 5 heteroatoms. The lowest BCUT2D eigenvalue weighted by Gasteiger charge is -2.03. The third kappa shape index (κ3) is 2.30. The molecule has 0 bridgehead atoms. The standard InChI is InChI=1S/C13H16N2O3/c1-3-5-12(16)14-9-6-7-10-11(8-9)18-13(17)15(10)4-2/h6-8H,3-5H2,1-2H3,(H,14,16). The summed E-state index contributed by atoms with van der Waals surface area (Å²) >= 11 is 0. The molecule has 0 fully saturated rings. The Balaban J connectivity index is 2.34. The number of carbonyl (C=O) groups is 1. The maximum Gasteiger partial charge on any atom is 0.419 e. The van der Waals surface area contributed by atoms with Crippen molar-refractivity contribution in [2.24, 2.45) is 0 Å². The van der Waals surface area contributed by atoms with Crippen LogP contribution >= 0.6 is 0 Å². The fourth-order valence-electron chi connectivity index (χ4n) is 1.89. The summed E-state index contributed by atoms with van der Waals surface area (Å²) in [5.74, 6) is -0.404. The number of nitrogens with one attached hydrogen (secondary N) is 1. The number of rotatable bonds is 4. The molecule has 0 unspecified atom stereocenters. The molecule has 5 nitrogen and oxygen atoms in total. The highest BCUT2D eigenvalue weighted by molar-refractivity contribution is 5.92. The van der Waals surface area contributed by atoms with Gasteiger partial charge in [0.2, 0.25) is 5.91 Å². The van der Waals surface area contributed by atoms with Crippen LogP contribution in [0.3, 0.4) is 0 Å². The predicted octanol–water partition coefficient (Wildman–Crippen LogP) is 2.35.